The maximum absolute atomic E-state index is 12.6. The summed E-state index contributed by atoms with van der Waals surface area (Å²) >= 11 is 0. The fourth-order valence-electron chi connectivity index (χ4n) is 2.97. The number of hydrogen-bond donors (Lipinski definition) is 1. The molecule has 0 radical (unpaired) electrons. The average molecular weight is 269 g/mol. The van der Waals surface area contributed by atoms with Crippen molar-refractivity contribution in [3.05, 3.63) is 0 Å². The van der Waals surface area contributed by atoms with Gasteiger partial charge in [0.1, 0.15) is 0 Å². The second kappa shape index (κ2) is 7.88. The van der Waals surface area contributed by atoms with Crippen LogP contribution in [0.4, 0.5) is 0 Å². The van der Waals surface area contributed by atoms with Crippen LogP contribution in [0, 0.1) is 17.8 Å². The summed E-state index contributed by atoms with van der Waals surface area (Å²) in [5.41, 5.74) is 0. The van der Waals surface area contributed by atoms with Gasteiger partial charge in [0, 0.05) is 24.9 Å². The third-order valence-electron chi connectivity index (χ3n) is 4.46. The first-order chi connectivity index (χ1) is 8.97. The molecule has 19 heavy (non-hydrogen) atoms. The summed E-state index contributed by atoms with van der Waals surface area (Å²) in [4.78, 5) is 14.6. The minimum atomic E-state index is -0.296. The van der Waals surface area contributed by atoms with Gasteiger partial charge in [0.15, 0.2) is 0 Å². The highest BCUT2D eigenvalue weighted by Gasteiger charge is 2.33. The van der Waals surface area contributed by atoms with Gasteiger partial charge < -0.3 is 10.0 Å². The van der Waals surface area contributed by atoms with E-state index in [9.17, 15) is 9.90 Å². The summed E-state index contributed by atoms with van der Waals surface area (Å²) in [6.07, 6.45) is 5.23. The molecule has 1 heterocycles. The van der Waals surface area contributed by atoms with Crippen LogP contribution in [0.25, 0.3) is 0 Å². The molecule has 3 atom stereocenters. The molecule has 3 heteroatoms. The molecule has 0 aliphatic carbocycles. The van der Waals surface area contributed by atoms with Gasteiger partial charge in [-0.25, -0.2) is 0 Å². The smallest absolute Gasteiger partial charge is 0.225 e. The Hall–Kier alpha value is -0.570. The normalized spacial score (nSPS) is 22.8. The van der Waals surface area contributed by atoms with E-state index in [-0.39, 0.29) is 17.9 Å². The Labute approximate surface area is 118 Å². The van der Waals surface area contributed by atoms with E-state index in [1.54, 1.807) is 0 Å². The number of amides is 1. The number of unbranched alkanes of at least 4 members (excludes halogenated alkanes) is 2. The molecule has 3 nitrogen and oxygen atoms in total. The number of aliphatic hydroxyl groups is 1. The lowest BCUT2D eigenvalue weighted by Crippen LogP contribution is -2.37. The summed E-state index contributed by atoms with van der Waals surface area (Å²) in [5, 5.41) is 9.63. The molecular weight excluding hydrogens is 238 g/mol. The van der Waals surface area contributed by atoms with Crippen molar-refractivity contribution in [3.63, 3.8) is 0 Å². The zero-order valence-corrected chi connectivity index (χ0v) is 13.1. The number of likely N-dealkylation sites (tertiary alicyclic amines) is 1. The van der Waals surface area contributed by atoms with Crippen LogP contribution in [-0.4, -0.2) is 35.1 Å². The van der Waals surface area contributed by atoms with Gasteiger partial charge in [-0.05, 0) is 25.7 Å². The lowest BCUT2D eigenvalue weighted by molar-refractivity contribution is -0.136. The molecule has 1 fully saturated rings. The number of nitrogens with zero attached hydrogens (tertiary/aromatic N) is 1. The molecule has 1 aliphatic heterocycles. The van der Waals surface area contributed by atoms with Crippen molar-refractivity contribution in [2.75, 3.05) is 13.1 Å². The van der Waals surface area contributed by atoms with Gasteiger partial charge >= 0.3 is 0 Å². The molecule has 0 bridgehead atoms. The molecule has 1 saturated heterocycles. The summed E-state index contributed by atoms with van der Waals surface area (Å²) in [6, 6.07) is 0. The van der Waals surface area contributed by atoms with E-state index in [0.29, 0.717) is 11.8 Å². The molecule has 3 unspecified atom stereocenters. The first-order valence-electron chi connectivity index (χ1n) is 7.94. The molecule has 1 aliphatic rings. The third kappa shape index (κ3) is 4.79. The van der Waals surface area contributed by atoms with Crippen LogP contribution < -0.4 is 0 Å². The van der Waals surface area contributed by atoms with Gasteiger partial charge in [-0.3, -0.25) is 4.79 Å². The number of hydrogen-bond acceptors (Lipinski definition) is 2. The van der Waals surface area contributed by atoms with Gasteiger partial charge in [-0.2, -0.15) is 0 Å². The van der Waals surface area contributed by atoms with Crippen LogP contribution in [0.1, 0.15) is 59.8 Å². The van der Waals surface area contributed by atoms with E-state index in [2.05, 4.69) is 20.8 Å². The first kappa shape index (κ1) is 16.5. The Balaban J connectivity index is 2.52. The van der Waals surface area contributed by atoms with Crippen molar-refractivity contribution in [2.24, 2.45) is 17.8 Å². The number of carbonyl (C=O) groups is 1. The predicted octanol–water partition coefficient (Wildman–Crippen LogP) is 3.07. The van der Waals surface area contributed by atoms with Crippen LogP contribution in [0.3, 0.4) is 0 Å². The van der Waals surface area contributed by atoms with Gasteiger partial charge in [0.25, 0.3) is 0 Å². The van der Waals surface area contributed by atoms with Crippen LogP contribution in [0.2, 0.25) is 0 Å². The summed E-state index contributed by atoms with van der Waals surface area (Å²) in [7, 11) is 0. The minimum Gasteiger partial charge on any atom is -0.393 e. The van der Waals surface area contributed by atoms with E-state index < -0.39 is 0 Å². The van der Waals surface area contributed by atoms with E-state index in [1.165, 1.54) is 12.8 Å². The van der Waals surface area contributed by atoms with Crippen molar-refractivity contribution in [1.29, 1.82) is 0 Å². The second-order valence-electron chi connectivity index (χ2n) is 6.42. The Morgan fingerprint density at radius 2 is 2.00 bits per heavy atom. The zero-order valence-electron chi connectivity index (χ0n) is 13.1. The molecule has 1 rings (SSSR count). The molecule has 1 N–H and O–H groups in total. The summed E-state index contributed by atoms with van der Waals surface area (Å²) < 4.78 is 0. The summed E-state index contributed by atoms with van der Waals surface area (Å²) in [6.45, 7) is 9.89. The lowest BCUT2D eigenvalue weighted by Gasteiger charge is -2.26. The molecular formula is C16H31NO2. The Kier molecular flexibility index (Phi) is 6.84. The van der Waals surface area contributed by atoms with Crippen molar-refractivity contribution in [2.45, 2.75) is 65.9 Å². The molecule has 1 amide bonds. The predicted molar refractivity (Wildman–Crippen MR) is 78.8 cm³/mol. The van der Waals surface area contributed by atoms with E-state index >= 15 is 0 Å². The number of rotatable bonds is 7. The van der Waals surface area contributed by atoms with Gasteiger partial charge in [0.2, 0.25) is 5.91 Å². The molecule has 0 saturated carbocycles. The maximum Gasteiger partial charge on any atom is 0.225 e. The van der Waals surface area contributed by atoms with Crippen molar-refractivity contribution in [3.8, 4) is 0 Å². The van der Waals surface area contributed by atoms with Crippen molar-refractivity contribution < 1.29 is 9.90 Å². The second-order valence-corrected chi connectivity index (χ2v) is 6.42. The van der Waals surface area contributed by atoms with Crippen molar-refractivity contribution in [1.82, 2.24) is 4.90 Å². The SMILES string of the molecule is CCCCCC(C(=O)N1CCC(C(C)O)C1)C(C)C. The zero-order chi connectivity index (χ0) is 14.4. The van der Waals surface area contributed by atoms with Gasteiger partial charge in [-0.1, -0.05) is 40.0 Å². The monoisotopic (exact) mass is 269 g/mol. The standard InChI is InChI=1S/C16H31NO2/c1-5-6-7-8-15(12(2)3)16(19)17-10-9-14(11-17)13(4)18/h12-15,18H,5-11H2,1-4H3. The van der Waals surface area contributed by atoms with Gasteiger partial charge in [0.05, 0.1) is 6.10 Å². The Bertz CT molecular complexity index is 276. The van der Waals surface area contributed by atoms with Crippen LogP contribution >= 0.6 is 0 Å². The van der Waals surface area contributed by atoms with E-state index in [1.807, 2.05) is 11.8 Å². The highest BCUT2D eigenvalue weighted by molar-refractivity contribution is 5.79. The molecule has 112 valence electrons. The molecule has 0 spiro atoms. The van der Waals surface area contributed by atoms with Crippen molar-refractivity contribution >= 4 is 5.91 Å². The van der Waals surface area contributed by atoms with E-state index in [0.717, 1.165) is 32.4 Å². The van der Waals surface area contributed by atoms with Crippen LogP contribution in [-0.2, 0) is 4.79 Å². The summed E-state index contributed by atoms with van der Waals surface area (Å²) in [5.74, 6) is 1.16. The van der Waals surface area contributed by atoms with Crippen LogP contribution in [0.15, 0.2) is 0 Å². The van der Waals surface area contributed by atoms with Gasteiger partial charge in [-0.15, -0.1) is 0 Å². The first-order valence-corrected chi connectivity index (χ1v) is 7.94. The number of carbonyl (C=O) groups excluding carboxylic acids is 1. The molecule has 0 aromatic carbocycles. The fraction of sp³-hybridized carbons (Fsp3) is 0.938. The highest BCUT2D eigenvalue weighted by Crippen LogP contribution is 2.26. The minimum absolute atomic E-state index is 0.166. The highest BCUT2D eigenvalue weighted by atomic mass is 16.3. The number of aliphatic hydroxyl groups excluding tert-OH is 1. The Morgan fingerprint density at radius 3 is 2.47 bits per heavy atom. The quantitative estimate of drug-likeness (QED) is 0.722. The largest absolute Gasteiger partial charge is 0.393 e. The maximum atomic E-state index is 12.6. The third-order valence-corrected chi connectivity index (χ3v) is 4.46. The lowest BCUT2D eigenvalue weighted by atomic mass is 9.89. The fourth-order valence-corrected chi connectivity index (χ4v) is 2.97. The average Bonchev–Trinajstić information content (AvgIpc) is 2.83. The topological polar surface area (TPSA) is 40.5 Å². The van der Waals surface area contributed by atoms with E-state index in [4.69, 9.17) is 0 Å². The van der Waals surface area contributed by atoms with Crippen LogP contribution in [0.5, 0.6) is 0 Å². The Morgan fingerprint density at radius 1 is 1.32 bits per heavy atom. The molecule has 0 aromatic rings. The molecule has 0 aromatic heterocycles.